The van der Waals surface area contributed by atoms with Crippen LogP contribution in [-0.2, 0) is 10.0 Å². The van der Waals surface area contributed by atoms with E-state index in [4.69, 9.17) is 17.3 Å². The number of rotatable bonds is 7. The number of halogens is 2. The van der Waals surface area contributed by atoms with Crippen LogP contribution < -0.4 is 5.73 Å². The van der Waals surface area contributed by atoms with Crippen LogP contribution in [0.15, 0.2) is 47.4 Å². The normalized spacial score (nSPS) is 13.1. The van der Waals surface area contributed by atoms with Crippen molar-refractivity contribution < 1.29 is 17.7 Å². The Bertz CT molecular complexity index is 936. The number of hydrogen-bond donors (Lipinski definition) is 1. The average Bonchev–Trinajstić information content (AvgIpc) is 2.61. The second kappa shape index (κ2) is 8.30. The molecule has 0 radical (unpaired) electrons. The van der Waals surface area contributed by atoms with Crippen molar-refractivity contribution in [3.05, 3.63) is 69.0 Å². The van der Waals surface area contributed by atoms with Crippen LogP contribution in [0.1, 0.15) is 25.5 Å². The van der Waals surface area contributed by atoms with Gasteiger partial charge in [-0.25, -0.2) is 12.8 Å². The second-order valence-electron chi connectivity index (χ2n) is 6.20. The number of benzene rings is 2. The maximum atomic E-state index is 13.7. The molecule has 0 amide bonds. The minimum Gasteiger partial charge on any atom is -0.323 e. The molecular formula is C17H19ClFN3O4S. The van der Waals surface area contributed by atoms with E-state index in [-0.39, 0.29) is 22.2 Å². The van der Waals surface area contributed by atoms with Crippen LogP contribution >= 0.6 is 11.6 Å². The fourth-order valence-electron chi connectivity index (χ4n) is 2.50. The predicted molar refractivity (Wildman–Crippen MR) is 100 cm³/mol. The summed E-state index contributed by atoms with van der Waals surface area (Å²) in [4.78, 5) is 10.1. The van der Waals surface area contributed by atoms with Gasteiger partial charge in [-0.15, -0.1) is 0 Å². The van der Waals surface area contributed by atoms with Crippen LogP contribution in [0.2, 0.25) is 5.02 Å². The molecule has 0 aliphatic rings. The van der Waals surface area contributed by atoms with Crippen LogP contribution in [0.5, 0.6) is 0 Å². The molecule has 2 aromatic rings. The summed E-state index contributed by atoms with van der Waals surface area (Å²) in [5.41, 5.74) is 6.28. The van der Waals surface area contributed by atoms with E-state index in [1.54, 1.807) is 13.8 Å². The van der Waals surface area contributed by atoms with Crippen molar-refractivity contribution in [3.63, 3.8) is 0 Å². The molecule has 0 aromatic heterocycles. The Hall–Kier alpha value is -2.07. The molecule has 146 valence electrons. The van der Waals surface area contributed by atoms with Crippen LogP contribution in [0.3, 0.4) is 0 Å². The van der Waals surface area contributed by atoms with E-state index < -0.39 is 32.8 Å². The Morgan fingerprint density at radius 2 is 1.81 bits per heavy atom. The maximum absolute atomic E-state index is 13.7. The zero-order chi connectivity index (χ0) is 20.4. The Morgan fingerprint density at radius 3 is 2.30 bits per heavy atom. The lowest BCUT2D eigenvalue weighted by Gasteiger charge is -2.28. The molecule has 1 unspecified atom stereocenters. The fraction of sp³-hybridized carbons (Fsp3) is 0.294. The molecule has 10 heteroatoms. The van der Waals surface area contributed by atoms with Crippen molar-refractivity contribution in [2.24, 2.45) is 5.73 Å². The lowest BCUT2D eigenvalue weighted by atomic mass is 10.1. The summed E-state index contributed by atoms with van der Waals surface area (Å²) in [5, 5.41) is 10.7. The first-order chi connectivity index (χ1) is 12.5. The fourth-order valence-corrected chi connectivity index (χ4v) is 4.28. The lowest BCUT2D eigenvalue weighted by molar-refractivity contribution is -0.384. The first kappa shape index (κ1) is 21.2. The van der Waals surface area contributed by atoms with Gasteiger partial charge in [-0.2, -0.15) is 4.31 Å². The van der Waals surface area contributed by atoms with Gasteiger partial charge in [0.05, 0.1) is 14.8 Å². The van der Waals surface area contributed by atoms with Crippen molar-refractivity contribution in [3.8, 4) is 0 Å². The SMILES string of the molecule is CC(C)N(CC(N)c1ccc(Cl)c(F)c1)S(=O)(=O)c1ccc([N+](=O)[O-])cc1. The van der Waals surface area contributed by atoms with E-state index in [1.165, 1.54) is 34.6 Å². The molecule has 0 aliphatic carbocycles. The van der Waals surface area contributed by atoms with E-state index in [2.05, 4.69) is 0 Å². The lowest BCUT2D eigenvalue weighted by Crippen LogP contribution is -2.41. The third-order valence-corrected chi connectivity index (χ3v) is 6.34. The summed E-state index contributed by atoms with van der Waals surface area (Å²) >= 11 is 5.66. The van der Waals surface area contributed by atoms with Crippen LogP contribution in [0.25, 0.3) is 0 Å². The highest BCUT2D eigenvalue weighted by Crippen LogP contribution is 2.25. The highest BCUT2D eigenvalue weighted by atomic mass is 35.5. The molecule has 2 rings (SSSR count). The van der Waals surface area contributed by atoms with E-state index in [1.807, 2.05) is 0 Å². The molecule has 1 atom stereocenters. The number of non-ortho nitro benzene ring substituents is 1. The van der Waals surface area contributed by atoms with Crippen LogP contribution in [0, 0.1) is 15.9 Å². The molecule has 0 saturated carbocycles. The third kappa shape index (κ3) is 4.81. The average molecular weight is 416 g/mol. The molecular weight excluding hydrogens is 397 g/mol. The predicted octanol–water partition coefficient (Wildman–Crippen LogP) is 3.49. The van der Waals surface area contributed by atoms with Gasteiger partial charge in [-0.3, -0.25) is 10.1 Å². The zero-order valence-electron chi connectivity index (χ0n) is 14.7. The topological polar surface area (TPSA) is 107 Å². The first-order valence-corrected chi connectivity index (χ1v) is 9.82. The van der Waals surface area contributed by atoms with Gasteiger partial charge in [-0.05, 0) is 43.7 Å². The monoisotopic (exact) mass is 415 g/mol. The Balaban J connectivity index is 2.32. The van der Waals surface area contributed by atoms with Crippen LogP contribution in [0.4, 0.5) is 10.1 Å². The first-order valence-electron chi connectivity index (χ1n) is 8.01. The summed E-state index contributed by atoms with van der Waals surface area (Å²) in [7, 11) is -3.95. The highest BCUT2D eigenvalue weighted by molar-refractivity contribution is 7.89. The number of nitro groups is 1. The second-order valence-corrected chi connectivity index (χ2v) is 8.50. The third-order valence-electron chi connectivity index (χ3n) is 3.98. The van der Waals surface area contributed by atoms with Gasteiger partial charge < -0.3 is 5.73 Å². The van der Waals surface area contributed by atoms with Crippen molar-refractivity contribution >= 4 is 27.3 Å². The number of sulfonamides is 1. The Kier molecular flexibility index (Phi) is 6.53. The van der Waals surface area contributed by atoms with Gasteiger partial charge in [0.2, 0.25) is 10.0 Å². The van der Waals surface area contributed by atoms with Crippen molar-refractivity contribution in [2.75, 3.05) is 6.54 Å². The van der Waals surface area contributed by atoms with Crippen LogP contribution in [-0.4, -0.2) is 30.2 Å². The molecule has 27 heavy (non-hydrogen) atoms. The summed E-state index contributed by atoms with van der Waals surface area (Å²) in [6.45, 7) is 3.26. The number of nitro benzene ring substituents is 1. The molecule has 0 saturated heterocycles. The summed E-state index contributed by atoms with van der Waals surface area (Å²) in [6, 6.07) is 7.44. The quantitative estimate of drug-likeness (QED) is 0.550. The molecule has 0 aliphatic heterocycles. The number of hydrogen-bond acceptors (Lipinski definition) is 5. The molecule has 0 spiro atoms. The molecule has 0 heterocycles. The standard InChI is InChI=1S/C17H19ClFN3O4S/c1-11(2)21(10-17(20)12-3-8-15(18)16(19)9-12)27(25,26)14-6-4-13(5-7-14)22(23)24/h3-9,11,17H,10,20H2,1-2H3. The van der Waals surface area contributed by atoms with E-state index in [0.717, 1.165) is 12.1 Å². The number of nitrogens with zero attached hydrogens (tertiary/aromatic N) is 2. The molecule has 2 aromatic carbocycles. The van der Waals surface area contributed by atoms with Gasteiger partial charge in [0.15, 0.2) is 0 Å². The van der Waals surface area contributed by atoms with Gasteiger partial charge in [0.25, 0.3) is 5.69 Å². The molecule has 0 bridgehead atoms. The summed E-state index contributed by atoms with van der Waals surface area (Å²) < 4.78 is 40.7. The van der Waals surface area contributed by atoms with Gasteiger partial charge in [-0.1, -0.05) is 17.7 Å². The molecule has 7 nitrogen and oxygen atoms in total. The molecule has 2 N–H and O–H groups in total. The Morgan fingerprint density at radius 1 is 1.22 bits per heavy atom. The zero-order valence-corrected chi connectivity index (χ0v) is 16.2. The minimum atomic E-state index is -3.95. The smallest absolute Gasteiger partial charge is 0.269 e. The summed E-state index contributed by atoms with van der Waals surface area (Å²) in [6.07, 6.45) is 0. The van der Waals surface area contributed by atoms with E-state index >= 15 is 0 Å². The minimum absolute atomic E-state index is 0.0508. The van der Waals surface area contributed by atoms with E-state index in [0.29, 0.717) is 5.56 Å². The van der Waals surface area contributed by atoms with Gasteiger partial charge >= 0.3 is 0 Å². The highest BCUT2D eigenvalue weighted by Gasteiger charge is 2.29. The van der Waals surface area contributed by atoms with Gasteiger partial charge in [0, 0.05) is 30.8 Å². The van der Waals surface area contributed by atoms with E-state index in [9.17, 15) is 22.9 Å². The maximum Gasteiger partial charge on any atom is 0.269 e. The number of nitrogens with two attached hydrogens (primary N) is 1. The Labute approximate surface area is 161 Å². The molecule has 0 fully saturated rings. The van der Waals surface area contributed by atoms with Crippen molar-refractivity contribution in [1.82, 2.24) is 4.31 Å². The van der Waals surface area contributed by atoms with Crippen molar-refractivity contribution in [2.45, 2.75) is 30.8 Å². The summed E-state index contributed by atoms with van der Waals surface area (Å²) in [5.74, 6) is -0.640. The van der Waals surface area contributed by atoms with Gasteiger partial charge in [0.1, 0.15) is 5.82 Å². The van der Waals surface area contributed by atoms with Crippen molar-refractivity contribution in [1.29, 1.82) is 0 Å². The largest absolute Gasteiger partial charge is 0.323 e.